The van der Waals surface area contributed by atoms with Crippen LogP contribution in [-0.4, -0.2) is 16.0 Å². The molecule has 6 heteroatoms. The zero-order chi connectivity index (χ0) is 12.6. The minimum atomic E-state index is -2.47. The van der Waals surface area contributed by atoms with E-state index in [0.717, 1.165) is 0 Å². The molecule has 0 aliphatic rings. The van der Waals surface area contributed by atoms with E-state index in [1.165, 1.54) is 4.57 Å². The summed E-state index contributed by atoms with van der Waals surface area (Å²) in [6.07, 6.45) is -2.47. The van der Waals surface area contributed by atoms with Crippen molar-refractivity contribution in [2.45, 2.75) is 25.3 Å². The fourth-order valence-electron chi connectivity index (χ4n) is 1.79. The van der Waals surface area contributed by atoms with Crippen molar-refractivity contribution in [2.24, 2.45) is 0 Å². The third-order valence-electron chi connectivity index (χ3n) is 2.42. The number of para-hydroxylation sites is 1. The number of nitrogens with zero attached hydrogens (tertiary/aromatic N) is 2. The zero-order valence-corrected chi connectivity index (χ0v) is 10.5. The fraction of sp³-hybridized carbons (Fsp3) is 0.364. The lowest BCUT2D eigenvalue weighted by molar-refractivity contribution is 0.127. The summed E-state index contributed by atoms with van der Waals surface area (Å²) in [6.45, 7) is 1.24. The van der Waals surface area contributed by atoms with Gasteiger partial charge in [-0.05, 0) is 19.1 Å². The number of alkyl halides is 3. The lowest BCUT2D eigenvalue weighted by Crippen LogP contribution is -2.10. The maximum Gasteiger partial charge on any atom is 0.256 e. The van der Waals surface area contributed by atoms with Gasteiger partial charge < -0.3 is 4.57 Å². The van der Waals surface area contributed by atoms with E-state index in [0.29, 0.717) is 21.9 Å². The van der Waals surface area contributed by atoms with Crippen LogP contribution in [0.2, 0.25) is 5.02 Å². The van der Waals surface area contributed by atoms with Gasteiger partial charge in [-0.2, -0.15) is 0 Å². The van der Waals surface area contributed by atoms with Crippen LogP contribution in [0, 0.1) is 0 Å². The van der Waals surface area contributed by atoms with Gasteiger partial charge in [0.2, 0.25) is 0 Å². The molecule has 0 aliphatic heterocycles. The van der Waals surface area contributed by atoms with Crippen molar-refractivity contribution in [2.75, 3.05) is 0 Å². The predicted octanol–water partition coefficient (Wildman–Crippen LogP) is 4.25. The molecule has 0 fully saturated rings. The number of hydrogen-bond acceptors (Lipinski definition) is 1. The van der Waals surface area contributed by atoms with Crippen molar-refractivity contribution >= 4 is 34.2 Å². The largest absolute Gasteiger partial charge is 0.320 e. The van der Waals surface area contributed by atoms with E-state index in [2.05, 4.69) is 4.98 Å². The molecule has 1 atom stereocenters. The molecule has 0 amide bonds. The van der Waals surface area contributed by atoms with E-state index in [1.807, 2.05) is 0 Å². The minimum absolute atomic E-state index is 0.402. The number of rotatable bonds is 3. The number of benzene rings is 1. The van der Waals surface area contributed by atoms with Gasteiger partial charge in [0.05, 0.1) is 28.0 Å². The maximum atomic E-state index is 12.6. The number of fused-ring (bicyclic) bond motifs is 1. The Morgan fingerprint density at radius 1 is 1.41 bits per heavy atom. The Kier molecular flexibility index (Phi) is 3.54. The lowest BCUT2D eigenvalue weighted by Gasteiger charge is -2.10. The molecule has 17 heavy (non-hydrogen) atoms. The van der Waals surface area contributed by atoms with Gasteiger partial charge in [-0.3, -0.25) is 0 Å². The normalized spacial score (nSPS) is 13.5. The molecule has 2 aromatic rings. The van der Waals surface area contributed by atoms with Crippen LogP contribution in [0.4, 0.5) is 8.78 Å². The Bertz CT molecular complexity index is 537. The molecule has 0 saturated heterocycles. The molecule has 0 saturated carbocycles. The summed E-state index contributed by atoms with van der Waals surface area (Å²) < 4.78 is 26.5. The standard InChI is InChI=1S/C11H10Cl2F2N2/c1-6(12)11-16-8-4-2-3-7(13)10(8)17(11)5-9(14)15/h2-4,6,9H,5H2,1H3. The van der Waals surface area contributed by atoms with Gasteiger partial charge in [0, 0.05) is 0 Å². The van der Waals surface area contributed by atoms with Crippen molar-refractivity contribution < 1.29 is 8.78 Å². The van der Waals surface area contributed by atoms with Crippen molar-refractivity contribution in [3.8, 4) is 0 Å². The van der Waals surface area contributed by atoms with Crippen LogP contribution in [0.5, 0.6) is 0 Å². The predicted molar refractivity (Wildman–Crippen MR) is 65.0 cm³/mol. The van der Waals surface area contributed by atoms with E-state index >= 15 is 0 Å². The summed E-state index contributed by atoms with van der Waals surface area (Å²) in [4.78, 5) is 4.24. The Labute approximate surface area is 107 Å². The molecular weight excluding hydrogens is 269 g/mol. The zero-order valence-electron chi connectivity index (χ0n) is 9.00. The third-order valence-corrected chi connectivity index (χ3v) is 2.92. The smallest absolute Gasteiger partial charge is 0.256 e. The topological polar surface area (TPSA) is 17.8 Å². The molecule has 1 aromatic heterocycles. The van der Waals surface area contributed by atoms with Crippen LogP contribution in [0.25, 0.3) is 11.0 Å². The van der Waals surface area contributed by atoms with E-state index in [1.54, 1.807) is 25.1 Å². The first kappa shape index (κ1) is 12.6. The van der Waals surface area contributed by atoms with Gasteiger partial charge in [0.1, 0.15) is 5.82 Å². The molecule has 1 aromatic carbocycles. The second kappa shape index (κ2) is 4.78. The summed E-state index contributed by atoms with van der Waals surface area (Å²) in [5.74, 6) is 0.412. The average Bonchev–Trinajstić information content (AvgIpc) is 2.57. The van der Waals surface area contributed by atoms with Crippen LogP contribution in [-0.2, 0) is 6.54 Å². The number of imidazole rings is 1. The quantitative estimate of drug-likeness (QED) is 0.768. The summed E-state index contributed by atoms with van der Waals surface area (Å²) in [5, 5.41) is -0.0450. The first-order valence-corrected chi connectivity index (χ1v) is 5.89. The first-order valence-electron chi connectivity index (χ1n) is 5.07. The summed E-state index contributed by atoms with van der Waals surface area (Å²) in [7, 11) is 0. The average molecular weight is 279 g/mol. The summed E-state index contributed by atoms with van der Waals surface area (Å²) in [5.41, 5.74) is 1.10. The Morgan fingerprint density at radius 3 is 2.71 bits per heavy atom. The minimum Gasteiger partial charge on any atom is -0.320 e. The number of halogens is 4. The van der Waals surface area contributed by atoms with E-state index < -0.39 is 18.3 Å². The molecule has 0 spiro atoms. The first-order chi connectivity index (χ1) is 8.00. The molecule has 2 nitrogen and oxygen atoms in total. The van der Waals surface area contributed by atoms with Crippen LogP contribution >= 0.6 is 23.2 Å². The second-order valence-corrected chi connectivity index (χ2v) is 4.76. The molecular formula is C11H10Cl2F2N2. The van der Waals surface area contributed by atoms with Crippen LogP contribution in [0.15, 0.2) is 18.2 Å². The van der Waals surface area contributed by atoms with Gasteiger partial charge in [-0.15, -0.1) is 11.6 Å². The summed E-state index contributed by atoms with van der Waals surface area (Å²) in [6, 6.07) is 5.11. The van der Waals surface area contributed by atoms with Crippen LogP contribution in [0.3, 0.4) is 0 Å². The maximum absolute atomic E-state index is 12.6. The van der Waals surface area contributed by atoms with Gasteiger partial charge in [0.15, 0.2) is 0 Å². The number of hydrogen-bond donors (Lipinski definition) is 0. The molecule has 1 heterocycles. The van der Waals surface area contributed by atoms with Crippen molar-refractivity contribution in [1.29, 1.82) is 0 Å². The Hall–Kier alpha value is -0.870. The molecule has 0 N–H and O–H groups in total. The van der Waals surface area contributed by atoms with Crippen molar-refractivity contribution in [3.05, 3.63) is 29.0 Å². The third kappa shape index (κ3) is 2.38. The molecule has 1 unspecified atom stereocenters. The van der Waals surface area contributed by atoms with Gasteiger partial charge in [-0.25, -0.2) is 13.8 Å². The monoisotopic (exact) mass is 278 g/mol. The SMILES string of the molecule is CC(Cl)c1nc2cccc(Cl)c2n1CC(F)F. The molecule has 0 aliphatic carbocycles. The van der Waals surface area contributed by atoms with Gasteiger partial charge in [-0.1, -0.05) is 17.7 Å². The second-order valence-electron chi connectivity index (χ2n) is 3.70. The fourth-order valence-corrected chi connectivity index (χ4v) is 2.22. The molecule has 0 bridgehead atoms. The molecule has 92 valence electrons. The van der Waals surface area contributed by atoms with E-state index in [9.17, 15) is 8.78 Å². The highest BCUT2D eigenvalue weighted by Crippen LogP contribution is 2.29. The highest BCUT2D eigenvalue weighted by molar-refractivity contribution is 6.35. The van der Waals surface area contributed by atoms with E-state index in [-0.39, 0.29) is 0 Å². The highest BCUT2D eigenvalue weighted by Gasteiger charge is 2.19. The highest BCUT2D eigenvalue weighted by atomic mass is 35.5. The van der Waals surface area contributed by atoms with Crippen molar-refractivity contribution in [1.82, 2.24) is 9.55 Å². The van der Waals surface area contributed by atoms with Crippen molar-refractivity contribution in [3.63, 3.8) is 0 Å². The number of aromatic nitrogens is 2. The Morgan fingerprint density at radius 2 is 2.12 bits per heavy atom. The Balaban J connectivity index is 2.69. The van der Waals surface area contributed by atoms with Gasteiger partial charge in [0.25, 0.3) is 6.43 Å². The van der Waals surface area contributed by atoms with E-state index in [4.69, 9.17) is 23.2 Å². The van der Waals surface area contributed by atoms with Gasteiger partial charge >= 0.3 is 0 Å². The molecule has 0 radical (unpaired) electrons. The molecule has 2 rings (SSSR count). The van der Waals surface area contributed by atoms with Crippen LogP contribution in [0.1, 0.15) is 18.1 Å². The summed E-state index contributed by atoms with van der Waals surface area (Å²) >= 11 is 12.0. The lowest BCUT2D eigenvalue weighted by atomic mass is 10.3. The van der Waals surface area contributed by atoms with Crippen LogP contribution < -0.4 is 0 Å².